The predicted molar refractivity (Wildman–Crippen MR) is 69.1 cm³/mol. The zero-order valence-electron chi connectivity index (χ0n) is 10.7. The van der Waals surface area contributed by atoms with E-state index < -0.39 is 17.0 Å². The van der Waals surface area contributed by atoms with E-state index in [4.69, 9.17) is 9.84 Å². The summed E-state index contributed by atoms with van der Waals surface area (Å²) in [5, 5.41) is 19.7. The molecule has 0 bridgehead atoms. The van der Waals surface area contributed by atoms with E-state index in [1.54, 1.807) is 12.1 Å². The molecule has 0 radical (unpaired) electrons. The summed E-state index contributed by atoms with van der Waals surface area (Å²) in [6.07, 6.45) is 0.872. The van der Waals surface area contributed by atoms with Crippen molar-refractivity contribution in [3.05, 3.63) is 39.9 Å². The Kier molecular flexibility index (Phi) is 5.95. The second-order valence-corrected chi connectivity index (χ2v) is 4.18. The molecule has 0 amide bonds. The van der Waals surface area contributed by atoms with Crippen LogP contribution in [0.1, 0.15) is 25.3 Å². The molecule has 0 heterocycles. The Balaban J connectivity index is 2.70. The van der Waals surface area contributed by atoms with Crippen LogP contribution in [0.2, 0.25) is 0 Å². The van der Waals surface area contributed by atoms with Gasteiger partial charge < -0.3 is 9.84 Å². The van der Waals surface area contributed by atoms with Gasteiger partial charge in [0, 0.05) is 25.2 Å². The lowest BCUT2D eigenvalue weighted by atomic mass is 10.1. The number of non-ortho nitro benzene ring substituents is 1. The van der Waals surface area contributed by atoms with Gasteiger partial charge in [-0.15, -0.1) is 0 Å². The number of ether oxygens (including phenoxy) is 1. The van der Waals surface area contributed by atoms with Crippen molar-refractivity contribution in [1.29, 1.82) is 0 Å². The van der Waals surface area contributed by atoms with E-state index in [0.717, 1.165) is 12.8 Å². The van der Waals surface area contributed by atoms with Crippen molar-refractivity contribution in [2.24, 2.45) is 0 Å². The lowest BCUT2D eigenvalue weighted by molar-refractivity contribution is -0.384. The van der Waals surface area contributed by atoms with Crippen molar-refractivity contribution in [3.63, 3.8) is 0 Å². The van der Waals surface area contributed by atoms with E-state index in [2.05, 4.69) is 0 Å². The van der Waals surface area contributed by atoms with Gasteiger partial charge in [-0.2, -0.15) is 0 Å². The minimum absolute atomic E-state index is 0.0461. The van der Waals surface area contributed by atoms with Crippen LogP contribution in [0.25, 0.3) is 0 Å². The van der Waals surface area contributed by atoms with Gasteiger partial charge in [0.15, 0.2) is 6.10 Å². The second kappa shape index (κ2) is 7.48. The summed E-state index contributed by atoms with van der Waals surface area (Å²) in [5.74, 6) is -1.05. The minimum Gasteiger partial charge on any atom is -0.479 e. The molecule has 0 aliphatic carbocycles. The molecule has 1 aromatic rings. The van der Waals surface area contributed by atoms with Crippen LogP contribution in [0.4, 0.5) is 5.69 Å². The second-order valence-electron chi connectivity index (χ2n) is 4.18. The van der Waals surface area contributed by atoms with Crippen LogP contribution in [-0.4, -0.2) is 28.7 Å². The van der Waals surface area contributed by atoms with Crippen molar-refractivity contribution in [3.8, 4) is 0 Å². The third-order valence-electron chi connectivity index (χ3n) is 2.63. The highest BCUT2D eigenvalue weighted by molar-refractivity contribution is 5.72. The SMILES string of the molecule is CCCCO[C@@H](Cc1cccc([N+](=O)[O-])c1)C(=O)O. The first-order chi connectivity index (χ1) is 9.04. The maximum absolute atomic E-state index is 11.1. The van der Waals surface area contributed by atoms with E-state index in [1.165, 1.54) is 12.1 Å². The number of aliphatic carboxylic acids is 1. The Hall–Kier alpha value is -1.95. The fraction of sp³-hybridized carbons (Fsp3) is 0.462. The van der Waals surface area contributed by atoms with Crippen LogP contribution in [0, 0.1) is 10.1 Å². The number of nitro groups is 1. The van der Waals surface area contributed by atoms with Crippen molar-refractivity contribution in [2.75, 3.05) is 6.61 Å². The third-order valence-corrected chi connectivity index (χ3v) is 2.63. The Morgan fingerprint density at radius 3 is 2.84 bits per heavy atom. The van der Waals surface area contributed by atoms with Crippen LogP contribution in [-0.2, 0) is 16.0 Å². The summed E-state index contributed by atoms with van der Waals surface area (Å²) in [7, 11) is 0. The van der Waals surface area contributed by atoms with Gasteiger partial charge in [-0.25, -0.2) is 4.79 Å². The number of carboxylic acid groups (broad SMARTS) is 1. The molecule has 0 aliphatic heterocycles. The first-order valence-electron chi connectivity index (χ1n) is 6.12. The molecule has 6 heteroatoms. The summed E-state index contributed by atoms with van der Waals surface area (Å²) in [6.45, 7) is 2.36. The number of nitro benzene ring substituents is 1. The molecule has 0 saturated carbocycles. The van der Waals surface area contributed by atoms with Gasteiger partial charge >= 0.3 is 5.97 Å². The average molecular weight is 267 g/mol. The number of carboxylic acids is 1. The molecule has 1 atom stereocenters. The Bertz CT molecular complexity index is 446. The molecule has 19 heavy (non-hydrogen) atoms. The Morgan fingerprint density at radius 2 is 2.26 bits per heavy atom. The quantitative estimate of drug-likeness (QED) is 0.443. The van der Waals surface area contributed by atoms with Gasteiger partial charge in [0.25, 0.3) is 5.69 Å². The van der Waals surface area contributed by atoms with Crippen molar-refractivity contribution >= 4 is 11.7 Å². The van der Waals surface area contributed by atoms with Gasteiger partial charge in [0.2, 0.25) is 0 Å². The first kappa shape index (κ1) is 15.1. The molecule has 1 N–H and O–H groups in total. The van der Waals surface area contributed by atoms with Gasteiger partial charge in [-0.1, -0.05) is 25.5 Å². The summed E-state index contributed by atoms with van der Waals surface area (Å²) in [6, 6.07) is 5.95. The summed E-state index contributed by atoms with van der Waals surface area (Å²) in [4.78, 5) is 21.2. The highest BCUT2D eigenvalue weighted by atomic mass is 16.6. The van der Waals surface area contributed by atoms with E-state index in [-0.39, 0.29) is 12.1 Å². The molecule has 1 rings (SSSR count). The van der Waals surface area contributed by atoms with E-state index >= 15 is 0 Å². The number of hydrogen-bond acceptors (Lipinski definition) is 4. The van der Waals surface area contributed by atoms with E-state index in [1.807, 2.05) is 6.92 Å². The predicted octanol–water partition coefficient (Wildman–Crippen LogP) is 2.41. The molecule has 0 saturated heterocycles. The van der Waals surface area contributed by atoms with Crippen molar-refractivity contribution < 1.29 is 19.6 Å². The smallest absolute Gasteiger partial charge is 0.333 e. The Labute approximate surface area is 111 Å². The molecule has 0 spiro atoms. The van der Waals surface area contributed by atoms with Crippen LogP contribution in [0.15, 0.2) is 24.3 Å². The average Bonchev–Trinajstić information content (AvgIpc) is 2.38. The molecular formula is C13H17NO5. The normalized spacial score (nSPS) is 12.1. The molecular weight excluding hydrogens is 250 g/mol. The molecule has 1 aromatic carbocycles. The highest BCUT2D eigenvalue weighted by Crippen LogP contribution is 2.15. The van der Waals surface area contributed by atoms with Crippen LogP contribution in [0.5, 0.6) is 0 Å². The van der Waals surface area contributed by atoms with Crippen LogP contribution in [0.3, 0.4) is 0 Å². The fourth-order valence-corrected chi connectivity index (χ4v) is 1.60. The van der Waals surface area contributed by atoms with Crippen LogP contribution < -0.4 is 0 Å². The summed E-state index contributed by atoms with van der Waals surface area (Å²) in [5.41, 5.74) is 0.535. The van der Waals surface area contributed by atoms with E-state index in [9.17, 15) is 14.9 Å². The van der Waals surface area contributed by atoms with E-state index in [0.29, 0.717) is 12.2 Å². The molecule has 6 nitrogen and oxygen atoms in total. The zero-order chi connectivity index (χ0) is 14.3. The maximum Gasteiger partial charge on any atom is 0.333 e. The van der Waals surface area contributed by atoms with Gasteiger partial charge in [-0.05, 0) is 12.0 Å². The highest BCUT2D eigenvalue weighted by Gasteiger charge is 2.19. The van der Waals surface area contributed by atoms with Crippen LogP contribution >= 0.6 is 0 Å². The molecule has 0 aromatic heterocycles. The van der Waals surface area contributed by atoms with Gasteiger partial charge in [0.05, 0.1) is 4.92 Å². The molecule has 0 fully saturated rings. The van der Waals surface area contributed by atoms with Gasteiger partial charge in [-0.3, -0.25) is 10.1 Å². The number of nitrogens with zero attached hydrogens (tertiary/aromatic N) is 1. The number of rotatable bonds is 8. The van der Waals surface area contributed by atoms with Gasteiger partial charge in [0.1, 0.15) is 0 Å². The number of unbranched alkanes of at least 4 members (excludes halogenated alkanes) is 1. The number of carbonyl (C=O) groups is 1. The first-order valence-corrected chi connectivity index (χ1v) is 6.12. The fourth-order valence-electron chi connectivity index (χ4n) is 1.60. The number of hydrogen-bond donors (Lipinski definition) is 1. The number of benzene rings is 1. The zero-order valence-corrected chi connectivity index (χ0v) is 10.7. The minimum atomic E-state index is -1.05. The molecule has 0 aliphatic rings. The lowest BCUT2D eigenvalue weighted by Crippen LogP contribution is -2.26. The lowest BCUT2D eigenvalue weighted by Gasteiger charge is -2.13. The largest absolute Gasteiger partial charge is 0.479 e. The maximum atomic E-state index is 11.1. The van der Waals surface area contributed by atoms with Crippen molar-refractivity contribution in [1.82, 2.24) is 0 Å². The topological polar surface area (TPSA) is 89.7 Å². The summed E-state index contributed by atoms with van der Waals surface area (Å²) < 4.78 is 5.28. The monoisotopic (exact) mass is 267 g/mol. The Morgan fingerprint density at radius 1 is 1.53 bits per heavy atom. The molecule has 104 valence electrons. The van der Waals surface area contributed by atoms with Crippen molar-refractivity contribution in [2.45, 2.75) is 32.3 Å². The third kappa shape index (κ3) is 5.05. The standard InChI is InChI=1S/C13H17NO5/c1-2-3-7-19-12(13(15)16)9-10-5-4-6-11(8-10)14(17)18/h4-6,8,12H,2-3,7,9H2,1H3,(H,15,16)/t12-/m0/s1. The summed E-state index contributed by atoms with van der Waals surface area (Å²) >= 11 is 0. The molecule has 0 unspecified atom stereocenters.